The van der Waals surface area contributed by atoms with Gasteiger partial charge < -0.3 is 15.2 Å². The normalized spacial score (nSPS) is 10.6. The van der Waals surface area contributed by atoms with E-state index in [4.69, 9.17) is 9.84 Å². The molecule has 0 amide bonds. The molecule has 0 saturated heterocycles. The van der Waals surface area contributed by atoms with E-state index in [1.54, 1.807) is 6.92 Å². The molecule has 0 saturated carbocycles. The molecule has 0 aromatic heterocycles. The Morgan fingerprint density at radius 2 is 2.15 bits per heavy atom. The lowest BCUT2D eigenvalue weighted by Gasteiger charge is -2.12. The van der Waals surface area contributed by atoms with E-state index in [0.29, 0.717) is 24.4 Å². The van der Waals surface area contributed by atoms with E-state index in [1.807, 2.05) is 13.8 Å². The molecule has 2 N–H and O–H groups in total. The second kappa shape index (κ2) is 6.85. The molecular formula is C13H18N2O5. The van der Waals surface area contributed by atoms with Crippen molar-refractivity contribution in [1.29, 1.82) is 0 Å². The summed E-state index contributed by atoms with van der Waals surface area (Å²) >= 11 is 0. The standard InChI is InChI=1S/C13H18N2O5/c1-8(2)20-5-4-14-11-6-10(13(16)17)7-12(9(11)3)15(18)19/h6-8,14H,4-5H2,1-3H3,(H,16,17). The van der Waals surface area contributed by atoms with Crippen molar-refractivity contribution >= 4 is 17.3 Å². The molecule has 1 aromatic rings. The zero-order chi connectivity index (χ0) is 15.3. The van der Waals surface area contributed by atoms with Crippen LogP contribution < -0.4 is 5.32 Å². The molecular weight excluding hydrogens is 264 g/mol. The summed E-state index contributed by atoms with van der Waals surface area (Å²) in [6.45, 7) is 6.26. The minimum Gasteiger partial charge on any atom is -0.478 e. The van der Waals surface area contributed by atoms with Crippen molar-refractivity contribution in [3.63, 3.8) is 0 Å². The van der Waals surface area contributed by atoms with Crippen LogP contribution in [0.5, 0.6) is 0 Å². The number of nitro benzene ring substituents is 1. The third-order valence-electron chi connectivity index (χ3n) is 2.69. The van der Waals surface area contributed by atoms with E-state index < -0.39 is 10.9 Å². The Morgan fingerprint density at radius 1 is 1.50 bits per heavy atom. The summed E-state index contributed by atoms with van der Waals surface area (Å²) in [5.74, 6) is -1.20. The van der Waals surface area contributed by atoms with Crippen LogP contribution in [-0.4, -0.2) is 35.3 Å². The largest absolute Gasteiger partial charge is 0.478 e. The maximum absolute atomic E-state index is 11.0. The number of hydrogen-bond acceptors (Lipinski definition) is 5. The number of nitrogens with zero attached hydrogens (tertiary/aromatic N) is 1. The SMILES string of the molecule is Cc1c(NCCOC(C)C)cc(C(=O)O)cc1[N+](=O)[O-]. The highest BCUT2D eigenvalue weighted by atomic mass is 16.6. The molecule has 0 bridgehead atoms. The first-order valence-corrected chi connectivity index (χ1v) is 6.20. The minimum absolute atomic E-state index is 0.0950. The number of carboxylic acid groups (broad SMARTS) is 1. The predicted octanol–water partition coefficient (Wildman–Crippen LogP) is 2.44. The summed E-state index contributed by atoms with van der Waals surface area (Å²) in [6.07, 6.45) is 0.0950. The van der Waals surface area contributed by atoms with Gasteiger partial charge in [-0.3, -0.25) is 10.1 Å². The Bertz CT molecular complexity index is 514. The van der Waals surface area contributed by atoms with Gasteiger partial charge in [-0.15, -0.1) is 0 Å². The van der Waals surface area contributed by atoms with Gasteiger partial charge in [0, 0.05) is 23.9 Å². The number of nitrogens with one attached hydrogen (secondary N) is 1. The van der Waals surface area contributed by atoms with Crippen LogP contribution in [0.3, 0.4) is 0 Å². The second-order valence-electron chi connectivity index (χ2n) is 4.58. The van der Waals surface area contributed by atoms with Crippen molar-refractivity contribution in [2.45, 2.75) is 26.9 Å². The molecule has 7 heteroatoms. The summed E-state index contributed by atoms with van der Waals surface area (Å²) in [5, 5.41) is 22.9. The molecule has 0 aliphatic rings. The van der Waals surface area contributed by atoms with Crippen LogP contribution in [0.25, 0.3) is 0 Å². The molecule has 0 radical (unpaired) electrons. The number of rotatable bonds is 7. The lowest BCUT2D eigenvalue weighted by molar-refractivity contribution is -0.385. The van der Waals surface area contributed by atoms with Gasteiger partial charge in [-0.1, -0.05) is 0 Å². The highest BCUT2D eigenvalue weighted by Gasteiger charge is 2.18. The Balaban J connectivity index is 2.93. The van der Waals surface area contributed by atoms with Crippen LogP contribution in [0.4, 0.5) is 11.4 Å². The van der Waals surface area contributed by atoms with Crippen LogP contribution in [0.1, 0.15) is 29.8 Å². The van der Waals surface area contributed by atoms with Crippen LogP contribution in [0.15, 0.2) is 12.1 Å². The first-order chi connectivity index (χ1) is 9.32. The van der Waals surface area contributed by atoms with Crippen LogP contribution >= 0.6 is 0 Å². The molecule has 0 unspecified atom stereocenters. The number of ether oxygens (including phenoxy) is 1. The molecule has 0 atom stereocenters. The number of hydrogen-bond donors (Lipinski definition) is 2. The van der Waals surface area contributed by atoms with Crippen molar-refractivity contribution in [3.8, 4) is 0 Å². The summed E-state index contributed by atoms with van der Waals surface area (Å²) in [5.41, 5.74) is 0.514. The van der Waals surface area contributed by atoms with Gasteiger partial charge in [0.25, 0.3) is 5.69 Å². The Kier molecular flexibility index (Phi) is 5.45. The average Bonchev–Trinajstić information content (AvgIpc) is 2.35. The number of nitro groups is 1. The fraction of sp³-hybridized carbons (Fsp3) is 0.462. The number of anilines is 1. The fourth-order valence-electron chi connectivity index (χ4n) is 1.68. The van der Waals surface area contributed by atoms with Gasteiger partial charge in [-0.25, -0.2) is 4.79 Å². The Labute approximate surface area is 116 Å². The predicted molar refractivity (Wildman–Crippen MR) is 74.4 cm³/mol. The maximum atomic E-state index is 11.0. The summed E-state index contributed by atoms with van der Waals surface area (Å²) in [4.78, 5) is 21.3. The minimum atomic E-state index is -1.20. The molecule has 1 rings (SSSR count). The molecule has 110 valence electrons. The summed E-state index contributed by atoms with van der Waals surface area (Å²) in [6, 6.07) is 2.45. The average molecular weight is 282 g/mol. The smallest absolute Gasteiger partial charge is 0.336 e. The molecule has 0 spiro atoms. The van der Waals surface area contributed by atoms with Crippen molar-refractivity contribution in [1.82, 2.24) is 0 Å². The van der Waals surface area contributed by atoms with E-state index in [0.717, 1.165) is 6.07 Å². The highest BCUT2D eigenvalue weighted by molar-refractivity contribution is 5.90. The number of aromatic carboxylic acids is 1. The van der Waals surface area contributed by atoms with Crippen molar-refractivity contribution in [2.24, 2.45) is 0 Å². The van der Waals surface area contributed by atoms with Crippen molar-refractivity contribution in [3.05, 3.63) is 33.4 Å². The quantitative estimate of drug-likeness (QED) is 0.452. The van der Waals surface area contributed by atoms with Gasteiger partial charge in [-0.05, 0) is 26.8 Å². The van der Waals surface area contributed by atoms with Crippen LogP contribution in [0.2, 0.25) is 0 Å². The number of benzene rings is 1. The Hall–Kier alpha value is -2.15. The third-order valence-corrected chi connectivity index (χ3v) is 2.69. The topological polar surface area (TPSA) is 102 Å². The second-order valence-corrected chi connectivity index (χ2v) is 4.58. The first-order valence-electron chi connectivity index (χ1n) is 6.20. The van der Waals surface area contributed by atoms with E-state index in [-0.39, 0.29) is 17.4 Å². The van der Waals surface area contributed by atoms with E-state index >= 15 is 0 Å². The van der Waals surface area contributed by atoms with Crippen molar-refractivity contribution in [2.75, 3.05) is 18.5 Å². The van der Waals surface area contributed by atoms with Gasteiger partial charge in [0.2, 0.25) is 0 Å². The molecule has 0 fully saturated rings. The zero-order valence-corrected chi connectivity index (χ0v) is 11.7. The van der Waals surface area contributed by atoms with Crippen LogP contribution in [-0.2, 0) is 4.74 Å². The van der Waals surface area contributed by atoms with Gasteiger partial charge in [0.1, 0.15) is 0 Å². The van der Waals surface area contributed by atoms with E-state index in [1.165, 1.54) is 6.07 Å². The summed E-state index contributed by atoms with van der Waals surface area (Å²) in [7, 11) is 0. The zero-order valence-electron chi connectivity index (χ0n) is 11.7. The van der Waals surface area contributed by atoms with Crippen LogP contribution in [0, 0.1) is 17.0 Å². The van der Waals surface area contributed by atoms with E-state index in [2.05, 4.69) is 5.32 Å². The lowest BCUT2D eigenvalue weighted by Crippen LogP contribution is -2.14. The molecule has 20 heavy (non-hydrogen) atoms. The summed E-state index contributed by atoms with van der Waals surface area (Å²) < 4.78 is 5.35. The molecule has 7 nitrogen and oxygen atoms in total. The van der Waals surface area contributed by atoms with Gasteiger partial charge in [-0.2, -0.15) is 0 Å². The van der Waals surface area contributed by atoms with Gasteiger partial charge >= 0.3 is 5.97 Å². The highest BCUT2D eigenvalue weighted by Crippen LogP contribution is 2.27. The maximum Gasteiger partial charge on any atom is 0.336 e. The van der Waals surface area contributed by atoms with Crippen molar-refractivity contribution < 1.29 is 19.6 Å². The molecule has 0 aliphatic carbocycles. The third kappa shape index (κ3) is 4.20. The molecule has 0 heterocycles. The first kappa shape index (κ1) is 15.9. The molecule has 1 aromatic carbocycles. The lowest BCUT2D eigenvalue weighted by atomic mass is 10.1. The monoisotopic (exact) mass is 282 g/mol. The molecule has 0 aliphatic heterocycles. The van der Waals surface area contributed by atoms with E-state index in [9.17, 15) is 14.9 Å². The Morgan fingerprint density at radius 3 is 2.65 bits per heavy atom. The van der Waals surface area contributed by atoms with Gasteiger partial charge in [0.05, 0.1) is 23.2 Å². The van der Waals surface area contributed by atoms with Gasteiger partial charge in [0.15, 0.2) is 0 Å². The number of carbonyl (C=O) groups is 1. The fourth-order valence-corrected chi connectivity index (χ4v) is 1.68. The number of carboxylic acids is 1.